The Morgan fingerprint density at radius 1 is 1.14 bits per heavy atom. The number of rotatable bonds is 9. The molecule has 1 rings (SSSR count). The summed E-state index contributed by atoms with van der Waals surface area (Å²) in [5.74, 6) is -1.65. The topological polar surface area (TPSA) is 88.1 Å². The molecule has 1 fully saturated rings. The lowest BCUT2D eigenvalue weighted by Gasteiger charge is -2.22. The number of carbonyl (C=O) groups excluding carboxylic acids is 3. The molecule has 0 bridgehead atoms. The van der Waals surface area contributed by atoms with Gasteiger partial charge in [-0.05, 0) is 20.8 Å². The maximum Gasteiger partial charge on any atom is 0.306 e. The molecule has 0 aromatic heterocycles. The third-order valence-electron chi connectivity index (χ3n) is 3.19. The number of ketones is 1. The van der Waals surface area contributed by atoms with E-state index in [0.717, 1.165) is 0 Å². The second kappa shape index (κ2) is 8.85. The molecule has 2 unspecified atom stereocenters. The van der Waals surface area contributed by atoms with Crippen LogP contribution in [0.4, 0.5) is 0 Å². The Hall–Kier alpha value is -1.47. The Bertz CT molecular complexity index is 407. The summed E-state index contributed by atoms with van der Waals surface area (Å²) in [4.78, 5) is 33.5. The van der Waals surface area contributed by atoms with Crippen molar-refractivity contribution in [2.45, 2.75) is 58.3 Å². The fraction of sp³-hybridized carbons (Fsp3) is 0.800. The molecule has 1 aliphatic rings. The lowest BCUT2D eigenvalue weighted by molar-refractivity contribution is -0.174. The number of hydrogen-bond acceptors (Lipinski definition) is 7. The van der Waals surface area contributed by atoms with Crippen LogP contribution in [-0.4, -0.2) is 49.4 Å². The fourth-order valence-electron chi connectivity index (χ4n) is 2.00. The van der Waals surface area contributed by atoms with Gasteiger partial charge < -0.3 is 23.7 Å². The quantitative estimate of drug-likeness (QED) is 0.594. The van der Waals surface area contributed by atoms with Crippen molar-refractivity contribution >= 4 is 17.7 Å². The first-order valence-corrected chi connectivity index (χ1v) is 7.47. The second-order valence-corrected chi connectivity index (χ2v) is 5.37. The number of hydrogen-bond donors (Lipinski definition) is 0. The minimum absolute atomic E-state index is 0.0519. The SMILES string of the molecule is CCOC(=O)CCC1(C)OCC(COC(=O)CCC(C)=O)O1. The summed E-state index contributed by atoms with van der Waals surface area (Å²) >= 11 is 0. The van der Waals surface area contributed by atoms with Crippen LogP contribution in [0.1, 0.15) is 46.5 Å². The van der Waals surface area contributed by atoms with Crippen molar-refractivity contribution in [2.24, 2.45) is 0 Å². The lowest BCUT2D eigenvalue weighted by Crippen LogP contribution is -2.29. The zero-order valence-electron chi connectivity index (χ0n) is 13.4. The molecule has 0 N–H and O–H groups in total. The molecule has 1 heterocycles. The van der Waals surface area contributed by atoms with Crippen molar-refractivity contribution in [3.05, 3.63) is 0 Å². The van der Waals surface area contributed by atoms with Gasteiger partial charge in [-0.3, -0.25) is 9.59 Å². The van der Waals surface area contributed by atoms with Gasteiger partial charge in [0.15, 0.2) is 5.79 Å². The standard InChI is InChI=1S/C15H24O7/c1-4-19-14(18)7-8-15(3)21-10-12(22-15)9-20-13(17)6-5-11(2)16/h12H,4-10H2,1-3H3. The molecule has 0 radical (unpaired) electrons. The van der Waals surface area contributed by atoms with E-state index in [1.54, 1.807) is 13.8 Å². The van der Waals surface area contributed by atoms with E-state index in [9.17, 15) is 14.4 Å². The fourth-order valence-corrected chi connectivity index (χ4v) is 2.00. The predicted molar refractivity (Wildman–Crippen MR) is 76.0 cm³/mol. The highest BCUT2D eigenvalue weighted by atomic mass is 16.7. The maximum absolute atomic E-state index is 11.4. The van der Waals surface area contributed by atoms with Crippen LogP contribution in [0.2, 0.25) is 0 Å². The average molecular weight is 316 g/mol. The predicted octanol–water partition coefficient (Wildman–Crippen LogP) is 1.37. The van der Waals surface area contributed by atoms with Crippen molar-refractivity contribution in [3.63, 3.8) is 0 Å². The van der Waals surface area contributed by atoms with E-state index in [-0.39, 0.29) is 43.7 Å². The average Bonchev–Trinajstić information content (AvgIpc) is 2.83. The van der Waals surface area contributed by atoms with E-state index in [1.807, 2.05) is 0 Å². The highest BCUT2D eigenvalue weighted by molar-refractivity contribution is 5.80. The van der Waals surface area contributed by atoms with Gasteiger partial charge in [-0.15, -0.1) is 0 Å². The molecule has 0 aromatic carbocycles. The van der Waals surface area contributed by atoms with Crippen LogP contribution < -0.4 is 0 Å². The van der Waals surface area contributed by atoms with Gasteiger partial charge in [-0.2, -0.15) is 0 Å². The highest BCUT2D eigenvalue weighted by Gasteiger charge is 2.38. The van der Waals surface area contributed by atoms with Crippen molar-refractivity contribution < 1.29 is 33.3 Å². The van der Waals surface area contributed by atoms with Crippen LogP contribution in [0.5, 0.6) is 0 Å². The number of carbonyl (C=O) groups is 3. The Kier molecular flexibility index (Phi) is 7.47. The smallest absolute Gasteiger partial charge is 0.306 e. The Balaban J connectivity index is 2.25. The van der Waals surface area contributed by atoms with E-state index >= 15 is 0 Å². The number of ether oxygens (including phenoxy) is 4. The zero-order chi connectivity index (χ0) is 16.6. The van der Waals surface area contributed by atoms with Gasteiger partial charge in [-0.25, -0.2) is 0 Å². The molecule has 22 heavy (non-hydrogen) atoms. The Morgan fingerprint density at radius 3 is 2.45 bits per heavy atom. The van der Waals surface area contributed by atoms with Crippen LogP contribution in [0.15, 0.2) is 0 Å². The van der Waals surface area contributed by atoms with Crippen molar-refractivity contribution in [1.82, 2.24) is 0 Å². The third kappa shape index (κ3) is 7.00. The molecule has 0 spiro atoms. The molecule has 0 aliphatic carbocycles. The van der Waals surface area contributed by atoms with Gasteiger partial charge in [0.2, 0.25) is 0 Å². The maximum atomic E-state index is 11.4. The molecular weight excluding hydrogens is 292 g/mol. The molecule has 1 saturated heterocycles. The van der Waals surface area contributed by atoms with E-state index in [2.05, 4.69) is 0 Å². The lowest BCUT2D eigenvalue weighted by atomic mass is 10.2. The Labute approximate surface area is 130 Å². The van der Waals surface area contributed by atoms with Gasteiger partial charge in [0.1, 0.15) is 18.5 Å². The molecule has 7 heteroatoms. The summed E-state index contributed by atoms with van der Waals surface area (Å²) in [5, 5.41) is 0. The minimum atomic E-state index is -0.872. The van der Waals surface area contributed by atoms with E-state index in [1.165, 1.54) is 6.92 Å². The van der Waals surface area contributed by atoms with E-state index in [4.69, 9.17) is 18.9 Å². The summed E-state index contributed by atoms with van der Waals surface area (Å²) in [6, 6.07) is 0. The van der Waals surface area contributed by atoms with E-state index in [0.29, 0.717) is 19.6 Å². The zero-order valence-corrected chi connectivity index (χ0v) is 13.4. The first-order valence-electron chi connectivity index (χ1n) is 7.47. The van der Waals surface area contributed by atoms with Crippen LogP contribution in [0.3, 0.4) is 0 Å². The molecule has 7 nitrogen and oxygen atoms in total. The molecule has 0 saturated carbocycles. The second-order valence-electron chi connectivity index (χ2n) is 5.37. The number of esters is 2. The first-order chi connectivity index (χ1) is 10.3. The molecule has 1 aliphatic heterocycles. The first kappa shape index (κ1) is 18.6. The van der Waals surface area contributed by atoms with Crippen molar-refractivity contribution in [2.75, 3.05) is 19.8 Å². The van der Waals surface area contributed by atoms with Crippen LogP contribution in [-0.2, 0) is 33.3 Å². The highest BCUT2D eigenvalue weighted by Crippen LogP contribution is 2.28. The van der Waals surface area contributed by atoms with Crippen LogP contribution >= 0.6 is 0 Å². The normalized spacial score (nSPS) is 24.0. The van der Waals surface area contributed by atoms with Gasteiger partial charge in [0.05, 0.1) is 26.1 Å². The minimum Gasteiger partial charge on any atom is -0.466 e. The van der Waals surface area contributed by atoms with E-state index < -0.39 is 11.8 Å². The molecule has 2 atom stereocenters. The van der Waals surface area contributed by atoms with Gasteiger partial charge >= 0.3 is 11.9 Å². The van der Waals surface area contributed by atoms with Gasteiger partial charge in [0, 0.05) is 12.8 Å². The summed E-state index contributed by atoms with van der Waals surface area (Å²) in [6.45, 7) is 5.62. The van der Waals surface area contributed by atoms with Crippen LogP contribution in [0.25, 0.3) is 0 Å². The Morgan fingerprint density at radius 2 is 1.82 bits per heavy atom. The third-order valence-corrected chi connectivity index (χ3v) is 3.19. The number of Topliss-reactive ketones (excluding diaryl/α,β-unsaturated/α-hetero) is 1. The monoisotopic (exact) mass is 316 g/mol. The summed E-state index contributed by atoms with van der Waals surface area (Å²) in [7, 11) is 0. The molecule has 126 valence electrons. The summed E-state index contributed by atoms with van der Waals surface area (Å²) < 4.78 is 21.1. The molecule has 0 amide bonds. The van der Waals surface area contributed by atoms with Crippen molar-refractivity contribution in [1.29, 1.82) is 0 Å². The largest absolute Gasteiger partial charge is 0.466 e. The molecular formula is C15H24O7. The summed E-state index contributed by atoms with van der Waals surface area (Å²) in [5.41, 5.74) is 0. The molecule has 0 aromatic rings. The van der Waals surface area contributed by atoms with Gasteiger partial charge in [-0.1, -0.05) is 0 Å². The van der Waals surface area contributed by atoms with Gasteiger partial charge in [0.25, 0.3) is 0 Å². The van der Waals surface area contributed by atoms with Crippen molar-refractivity contribution in [3.8, 4) is 0 Å². The van der Waals surface area contributed by atoms with Crippen LogP contribution in [0, 0.1) is 0 Å². The summed E-state index contributed by atoms with van der Waals surface area (Å²) in [6.07, 6.45) is 0.463.